The van der Waals surface area contributed by atoms with Gasteiger partial charge in [-0.15, -0.1) is 0 Å². The van der Waals surface area contributed by atoms with Crippen molar-refractivity contribution in [2.45, 2.75) is 20.8 Å². The minimum absolute atomic E-state index is 0.0661. The molecule has 80 valence electrons. The lowest BCUT2D eigenvalue weighted by atomic mass is 10.4. The molecule has 5 nitrogen and oxygen atoms in total. The van der Waals surface area contributed by atoms with E-state index in [0.717, 1.165) is 0 Å². The Morgan fingerprint density at radius 1 is 1.14 bits per heavy atom. The number of amides is 1. The maximum absolute atomic E-state index is 11.0. The summed E-state index contributed by atoms with van der Waals surface area (Å²) in [5, 5.41) is 0. The first-order chi connectivity index (χ1) is 6.43. The van der Waals surface area contributed by atoms with Crippen molar-refractivity contribution in [1.82, 2.24) is 4.90 Å². The molecule has 0 fully saturated rings. The summed E-state index contributed by atoms with van der Waals surface area (Å²) in [7, 11) is 0. The summed E-state index contributed by atoms with van der Waals surface area (Å²) in [6.45, 7) is 4.52. The van der Waals surface area contributed by atoms with E-state index in [-0.39, 0.29) is 31.4 Å². The van der Waals surface area contributed by atoms with Crippen molar-refractivity contribution in [2.24, 2.45) is 0 Å². The fourth-order valence-corrected chi connectivity index (χ4v) is 0.916. The summed E-state index contributed by atoms with van der Waals surface area (Å²) < 4.78 is 4.66. The van der Waals surface area contributed by atoms with E-state index in [1.165, 1.54) is 25.7 Å². The van der Waals surface area contributed by atoms with Crippen molar-refractivity contribution in [2.75, 3.05) is 19.7 Å². The Morgan fingerprint density at radius 3 is 2.07 bits per heavy atom. The van der Waals surface area contributed by atoms with E-state index in [4.69, 9.17) is 0 Å². The van der Waals surface area contributed by atoms with Crippen molar-refractivity contribution in [1.29, 1.82) is 0 Å². The molecule has 0 rings (SSSR count). The molecule has 0 aliphatic carbocycles. The fraction of sp³-hybridized carbons (Fsp3) is 0.667. The summed E-state index contributed by atoms with van der Waals surface area (Å²) in [4.78, 5) is 33.5. The lowest BCUT2D eigenvalue weighted by molar-refractivity contribution is -0.143. The third kappa shape index (κ3) is 6.16. The van der Waals surface area contributed by atoms with E-state index < -0.39 is 5.97 Å². The van der Waals surface area contributed by atoms with Crippen LogP contribution < -0.4 is 0 Å². The van der Waals surface area contributed by atoms with Gasteiger partial charge in [-0.2, -0.15) is 0 Å². The Kier molecular flexibility index (Phi) is 5.52. The highest BCUT2D eigenvalue weighted by Crippen LogP contribution is 1.91. The predicted molar refractivity (Wildman–Crippen MR) is 49.6 cm³/mol. The van der Waals surface area contributed by atoms with E-state index in [1.54, 1.807) is 0 Å². The highest BCUT2D eigenvalue weighted by molar-refractivity contribution is 5.83. The molecule has 0 aromatic heterocycles. The first kappa shape index (κ1) is 12.6. The number of carbonyl (C=O) groups is 3. The smallest absolute Gasteiger partial charge is 0.302 e. The molecule has 0 aliphatic rings. The molecular formula is C9H15NO4. The zero-order valence-electron chi connectivity index (χ0n) is 8.70. The molecule has 0 bridgehead atoms. The standard InChI is InChI=1S/C9H15NO4/c1-7(11)6-10(8(2)12)4-5-14-9(3)13/h4-6H2,1-3H3. The number of hydrogen-bond acceptors (Lipinski definition) is 4. The molecule has 0 atom stereocenters. The molecule has 0 saturated heterocycles. The van der Waals surface area contributed by atoms with E-state index >= 15 is 0 Å². The van der Waals surface area contributed by atoms with Crippen molar-refractivity contribution in [3.8, 4) is 0 Å². The van der Waals surface area contributed by atoms with Crippen LogP contribution in [0, 0.1) is 0 Å². The van der Waals surface area contributed by atoms with Gasteiger partial charge in [0, 0.05) is 13.8 Å². The molecule has 1 amide bonds. The van der Waals surface area contributed by atoms with Gasteiger partial charge in [0.15, 0.2) is 0 Å². The first-order valence-electron chi connectivity index (χ1n) is 4.31. The number of hydrogen-bond donors (Lipinski definition) is 0. The summed E-state index contributed by atoms with van der Waals surface area (Å²) in [6, 6.07) is 0. The van der Waals surface area contributed by atoms with Crippen LogP contribution in [-0.4, -0.2) is 42.3 Å². The van der Waals surface area contributed by atoms with Crippen LogP contribution in [-0.2, 0) is 19.1 Å². The summed E-state index contributed by atoms with van der Waals surface area (Å²) in [5.41, 5.74) is 0. The number of carbonyl (C=O) groups excluding carboxylic acids is 3. The molecule has 0 saturated carbocycles. The zero-order valence-corrected chi connectivity index (χ0v) is 8.70. The lowest BCUT2D eigenvalue weighted by Crippen LogP contribution is -2.36. The molecule has 0 heterocycles. The van der Waals surface area contributed by atoms with Crippen LogP contribution in [0.4, 0.5) is 0 Å². The fourth-order valence-electron chi connectivity index (χ4n) is 0.916. The Balaban J connectivity index is 3.91. The maximum Gasteiger partial charge on any atom is 0.302 e. The highest BCUT2D eigenvalue weighted by atomic mass is 16.5. The monoisotopic (exact) mass is 201 g/mol. The average Bonchev–Trinajstić information content (AvgIpc) is 2.00. The Morgan fingerprint density at radius 2 is 1.71 bits per heavy atom. The van der Waals surface area contributed by atoms with Crippen molar-refractivity contribution >= 4 is 17.7 Å². The van der Waals surface area contributed by atoms with Gasteiger partial charge in [0.2, 0.25) is 5.91 Å². The molecule has 0 spiro atoms. The van der Waals surface area contributed by atoms with Crippen molar-refractivity contribution in [3.63, 3.8) is 0 Å². The number of ketones is 1. The summed E-state index contributed by atoms with van der Waals surface area (Å²) in [5.74, 6) is -0.688. The van der Waals surface area contributed by atoms with Gasteiger partial charge < -0.3 is 9.64 Å². The van der Waals surface area contributed by atoms with Crippen LogP contribution in [0.3, 0.4) is 0 Å². The molecule has 0 aromatic carbocycles. The second kappa shape index (κ2) is 6.12. The molecule has 0 N–H and O–H groups in total. The average molecular weight is 201 g/mol. The quantitative estimate of drug-likeness (QED) is 0.587. The van der Waals surface area contributed by atoms with Crippen LogP contribution in [0.25, 0.3) is 0 Å². The van der Waals surface area contributed by atoms with E-state index in [1.807, 2.05) is 0 Å². The molecule has 5 heteroatoms. The number of esters is 1. The van der Waals surface area contributed by atoms with Gasteiger partial charge in [0.05, 0.1) is 13.1 Å². The molecule has 0 aliphatic heterocycles. The van der Waals surface area contributed by atoms with Crippen LogP contribution in [0.5, 0.6) is 0 Å². The lowest BCUT2D eigenvalue weighted by Gasteiger charge is -2.18. The summed E-state index contributed by atoms with van der Waals surface area (Å²) >= 11 is 0. The first-order valence-corrected chi connectivity index (χ1v) is 4.31. The Bertz CT molecular complexity index is 237. The minimum atomic E-state index is -0.392. The van der Waals surface area contributed by atoms with Gasteiger partial charge in [-0.1, -0.05) is 0 Å². The van der Waals surface area contributed by atoms with Gasteiger partial charge in [-0.3, -0.25) is 14.4 Å². The van der Waals surface area contributed by atoms with Gasteiger partial charge in [0.1, 0.15) is 12.4 Å². The summed E-state index contributed by atoms with van der Waals surface area (Å²) in [6.07, 6.45) is 0. The van der Waals surface area contributed by atoms with E-state index in [9.17, 15) is 14.4 Å². The third-order valence-corrected chi connectivity index (χ3v) is 1.53. The highest BCUT2D eigenvalue weighted by Gasteiger charge is 2.10. The minimum Gasteiger partial charge on any atom is -0.464 e. The van der Waals surface area contributed by atoms with Gasteiger partial charge in [0.25, 0.3) is 0 Å². The Hall–Kier alpha value is -1.39. The van der Waals surface area contributed by atoms with Crippen LogP contribution >= 0.6 is 0 Å². The largest absolute Gasteiger partial charge is 0.464 e. The second-order valence-electron chi connectivity index (χ2n) is 2.98. The van der Waals surface area contributed by atoms with Crippen LogP contribution in [0.1, 0.15) is 20.8 Å². The third-order valence-electron chi connectivity index (χ3n) is 1.53. The number of Topliss-reactive ketones (excluding diaryl/α,β-unsaturated/α-hetero) is 1. The molecular weight excluding hydrogens is 186 g/mol. The normalized spacial score (nSPS) is 9.36. The van der Waals surface area contributed by atoms with Crippen LogP contribution in [0.15, 0.2) is 0 Å². The second-order valence-corrected chi connectivity index (χ2v) is 2.98. The van der Waals surface area contributed by atoms with E-state index in [2.05, 4.69) is 4.74 Å². The topological polar surface area (TPSA) is 63.7 Å². The van der Waals surface area contributed by atoms with Crippen molar-refractivity contribution < 1.29 is 19.1 Å². The van der Waals surface area contributed by atoms with Crippen LogP contribution in [0.2, 0.25) is 0 Å². The van der Waals surface area contributed by atoms with Crippen molar-refractivity contribution in [3.05, 3.63) is 0 Å². The van der Waals surface area contributed by atoms with E-state index in [0.29, 0.717) is 0 Å². The number of nitrogens with zero attached hydrogens (tertiary/aromatic N) is 1. The maximum atomic E-state index is 11.0. The van der Waals surface area contributed by atoms with Gasteiger partial charge in [-0.05, 0) is 6.92 Å². The molecule has 14 heavy (non-hydrogen) atoms. The van der Waals surface area contributed by atoms with Gasteiger partial charge >= 0.3 is 5.97 Å². The number of ether oxygens (including phenoxy) is 1. The van der Waals surface area contributed by atoms with Gasteiger partial charge in [-0.25, -0.2) is 0 Å². The number of rotatable bonds is 5. The molecule has 0 aromatic rings. The Labute approximate surface area is 83.0 Å². The SMILES string of the molecule is CC(=O)CN(CCOC(C)=O)C(C)=O. The predicted octanol–water partition coefficient (Wildman–Crippen LogP) is -0.0130. The zero-order chi connectivity index (χ0) is 11.1. The molecule has 0 unspecified atom stereocenters. The molecule has 0 radical (unpaired) electrons.